The normalized spacial score (nSPS) is 18.4. The second-order valence-corrected chi connectivity index (χ2v) is 5.83. The number of likely N-dealkylation sites (tertiary alicyclic amines) is 1. The van der Waals surface area contributed by atoms with Gasteiger partial charge in [-0.25, -0.2) is 0 Å². The van der Waals surface area contributed by atoms with Crippen molar-refractivity contribution in [1.29, 1.82) is 0 Å². The van der Waals surface area contributed by atoms with E-state index in [1.807, 2.05) is 29.1 Å². The maximum absolute atomic E-state index is 12.6. The third-order valence-electron chi connectivity index (χ3n) is 4.28. The molecular formula is C17H22N4O. The summed E-state index contributed by atoms with van der Waals surface area (Å²) < 4.78 is 1.94. The number of hydrogen-bond acceptors (Lipinski definition) is 3. The molecule has 0 spiro atoms. The van der Waals surface area contributed by atoms with Gasteiger partial charge in [-0.3, -0.25) is 14.5 Å². The Morgan fingerprint density at radius 1 is 1.27 bits per heavy atom. The highest BCUT2D eigenvalue weighted by molar-refractivity contribution is 5.79. The van der Waals surface area contributed by atoms with Gasteiger partial charge < -0.3 is 4.90 Å². The van der Waals surface area contributed by atoms with Crippen LogP contribution in [0.15, 0.2) is 43.0 Å². The summed E-state index contributed by atoms with van der Waals surface area (Å²) in [7, 11) is 0. The predicted molar refractivity (Wildman–Crippen MR) is 84.1 cm³/mol. The summed E-state index contributed by atoms with van der Waals surface area (Å²) in [4.78, 5) is 18.8. The molecule has 0 aliphatic carbocycles. The van der Waals surface area contributed by atoms with E-state index in [0.717, 1.165) is 37.9 Å². The monoisotopic (exact) mass is 298 g/mol. The van der Waals surface area contributed by atoms with Crippen LogP contribution in [0.5, 0.6) is 0 Å². The van der Waals surface area contributed by atoms with Crippen LogP contribution >= 0.6 is 0 Å². The molecule has 1 saturated heterocycles. The molecular weight excluding hydrogens is 276 g/mol. The number of aromatic nitrogens is 3. The summed E-state index contributed by atoms with van der Waals surface area (Å²) in [6.45, 7) is 1.75. The number of nitrogens with zero attached hydrogens (tertiary/aromatic N) is 4. The van der Waals surface area contributed by atoms with Gasteiger partial charge in [-0.15, -0.1) is 0 Å². The van der Waals surface area contributed by atoms with Crippen molar-refractivity contribution in [2.24, 2.45) is 0 Å². The molecule has 0 unspecified atom stereocenters. The Morgan fingerprint density at radius 3 is 3.00 bits per heavy atom. The van der Waals surface area contributed by atoms with Crippen LogP contribution in [-0.2, 0) is 17.8 Å². The standard InChI is InChI=1S/C17H22N4O/c22-17(13-15-5-3-8-18-14-15)21-11-2-1-6-16(21)7-12-20-10-4-9-19-20/h3-5,8-10,14,16H,1-2,6-7,11-13H2/t16-/m1/s1. The number of hydrogen-bond donors (Lipinski definition) is 0. The van der Waals surface area contributed by atoms with Gasteiger partial charge in [0.25, 0.3) is 0 Å². The third kappa shape index (κ3) is 3.72. The van der Waals surface area contributed by atoms with E-state index in [1.54, 1.807) is 18.6 Å². The molecule has 1 aliphatic heterocycles. The fraction of sp³-hybridized carbons (Fsp3) is 0.471. The van der Waals surface area contributed by atoms with Crippen molar-refractivity contribution in [2.75, 3.05) is 6.54 Å². The van der Waals surface area contributed by atoms with Gasteiger partial charge in [-0.05, 0) is 43.4 Å². The van der Waals surface area contributed by atoms with Gasteiger partial charge in [0.2, 0.25) is 5.91 Å². The molecule has 3 rings (SSSR count). The molecule has 2 aromatic heterocycles. The van der Waals surface area contributed by atoms with E-state index < -0.39 is 0 Å². The van der Waals surface area contributed by atoms with E-state index in [0.29, 0.717) is 12.5 Å². The molecule has 1 atom stereocenters. The number of piperidine rings is 1. The van der Waals surface area contributed by atoms with Crippen LogP contribution in [0.2, 0.25) is 0 Å². The Morgan fingerprint density at radius 2 is 2.23 bits per heavy atom. The minimum atomic E-state index is 0.221. The molecule has 5 nitrogen and oxygen atoms in total. The molecule has 1 fully saturated rings. The first-order valence-corrected chi connectivity index (χ1v) is 7.99. The van der Waals surface area contributed by atoms with Gasteiger partial charge in [-0.2, -0.15) is 5.10 Å². The van der Waals surface area contributed by atoms with E-state index in [9.17, 15) is 4.79 Å². The number of rotatable bonds is 5. The molecule has 0 bridgehead atoms. The van der Waals surface area contributed by atoms with Crippen molar-refractivity contribution < 1.29 is 4.79 Å². The fourth-order valence-corrected chi connectivity index (χ4v) is 3.12. The van der Waals surface area contributed by atoms with Gasteiger partial charge in [0.15, 0.2) is 0 Å². The summed E-state index contributed by atoms with van der Waals surface area (Å²) in [5, 5.41) is 4.24. The van der Waals surface area contributed by atoms with Gasteiger partial charge >= 0.3 is 0 Å². The van der Waals surface area contributed by atoms with E-state index >= 15 is 0 Å². The second-order valence-electron chi connectivity index (χ2n) is 5.83. The molecule has 1 aliphatic rings. The second kappa shape index (κ2) is 7.20. The average Bonchev–Trinajstić information content (AvgIpc) is 3.07. The highest BCUT2D eigenvalue weighted by Gasteiger charge is 2.26. The molecule has 1 amide bonds. The number of aryl methyl sites for hydroxylation is 1. The lowest BCUT2D eigenvalue weighted by molar-refractivity contribution is -0.134. The van der Waals surface area contributed by atoms with Crippen LogP contribution < -0.4 is 0 Å². The van der Waals surface area contributed by atoms with Crippen molar-refractivity contribution in [2.45, 2.75) is 44.7 Å². The zero-order valence-corrected chi connectivity index (χ0v) is 12.8. The Hall–Kier alpha value is -2.17. The van der Waals surface area contributed by atoms with Crippen molar-refractivity contribution in [3.8, 4) is 0 Å². The highest BCUT2D eigenvalue weighted by atomic mass is 16.2. The number of amides is 1. The van der Waals surface area contributed by atoms with Crippen molar-refractivity contribution in [3.63, 3.8) is 0 Å². The van der Waals surface area contributed by atoms with Crippen LogP contribution in [0.25, 0.3) is 0 Å². The van der Waals surface area contributed by atoms with Gasteiger partial charge in [0.1, 0.15) is 0 Å². The van der Waals surface area contributed by atoms with Gasteiger partial charge in [0, 0.05) is 43.9 Å². The summed E-state index contributed by atoms with van der Waals surface area (Å²) in [6.07, 6.45) is 12.1. The van der Waals surface area contributed by atoms with Crippen LogP contribution in [0, 0.1) is 0 Å². The Bertz CT molecular complexity index is 582. The van der Waals surface area contributed by atoms with Crippen molar-refractivity contribution in [1.82, 2.24) is 19.7 Å². The molecule has 0 radical (unpaired) electrons. The Labute approximate surface area is 131 Å². The first-order chi connectivity index (χ1) is 10.8. The van der Waals surface area contributed by atoms with E-state index in [-0.39, 0.29) is 5.91 Å². The summed E-state index contributed by atoms with van der Waals surface area (Å²) in [5.74, 6) is 0.221. The van der Waals surface area contributed by atoms with Crippen LogP contribution in [0.4, 0.5) is 0 Å². The van der Waals surface area contributed by atoms with Gasteiger partial charge in [-0.1, -0.05) is 6.07 Å². The fourth-order valence-electron chi connectivity index (χ4n) is 3.12. The Kier molecular flexibility index (Phi) is 4.83. The molecule has 3 heterocycles. The van der Waals surface area contributed by atoms with E-state index in [2.05, 4.69) is 15.0 Å². The topological polar surface area (TPSA) is 51.0 Å². The van der Waals surface area contributed by atoms with E-state index in [4.69, 9.17) is 0 Å². The quantitative estimate of drug-likeness (QED) is 0.851. The molecule has 116 valence electrons. The number of carbonyl (C=O) groups is 1. The Balaban J connectivity index is 1.60. The molecule has 5 heteroatoms. The lowest BCUT2D eigenvalue weighted by Gasteiger charge is -2.36. The smallest absolute Gasteiger partial charge is 0.227 e. The lowest BCUT2D eigenvalue weighted by Crippen LogP contribution is -2.44. The number of pyridine rings is 1. The van der Waals surface area contributed by atoms with Crippen molar-refractivity contribution in [3.05, 3.63) is 48.5 Å². The predicted octanol–water partition coefficient (Wildman–Crippen LogP) is 2.29. The van der Waals surface area contributed by atoms with Crippen LogP contribution in [0.1, 0.15) is 31.2 Å². The van der Waals surface area contributed by atoms with Crippen LogP contribution in [-0.4, -0.2) is 38.2 Å². The lowest BCUT2D eigenvalue weighted by atomic mass is 9.98. The molecule has 0 saturated carbocycles. The minimum Gasteiger partial charge on any atom is -0.339 e. The number of carbonyl (C=O) groups excluding carboxylic acids is 1. The zero-order valence-electron chi connectivity index (χ0n) is 12.8. The molecule has 2 aromatic rings. The molecule has 0 aromatic carbocycles. The summed E-state index contributed by atoms with van der Waals surface area (Å²) >= 11 is 0. The van der Waals surface area contributed by atoms with Gasteiger partial charge in [0.05, 0.1) is 6.42 Å². The van der Waals surface area contributed by atoms with Crippen molar-refractivity contribution >= 4 is 5.91 Å². The minimum absolute atomic E-state index is 0.221. The van der Waals surface area contributed by atoms with Crippen LogP contribution in [0.3, 0.4) is 0 Å². The van der Waals surface area contributed by atoms with E-state index in [1.165, 1.54) is 6.42 Å². The summed E-state index contributed by atoms with van der Waals surface area (Å²) in [6, 6.07) is 6.12. The highest BCUT2D eigenvalue weighted by Crippen LogP contribution is 2.21. The molecule has 0 N–H and O–H groups in total. The zero-order chi connectivity index (χ0) is 15.2. The average molecular weight is 298 g/mol. The third-order valence-corrected chi connectivity index (χ3v) is 4.28. The summed E-state index contributed by atoms with van der Waals surface area (Å²) in [5.41, 5.74) is 0.990. The maximum Gasteiger partial charge on any atom is 0.227 e. The first kappa shape index (κ1) is 14.8. The SMILES string of the molecule is O=C(Cc1cccnc1)N1CCCC[C@@H]1CCn1cccn1. The maximum atomic E-state index is 12.6. The largest absolute Gasteiger partial charge is 0.339 e. The first-order valence-electron chi connectivity index (χ1n) is 7.99. The molecule has 22 heavy (non-hydrogen) atoms.